The Bertz CT molecular complexity index is 923. The SMILES string of the molecule is O=C(CCn1ncc2ccc([N+](=O)[O-])cc21)NC[C@H](O)c1ccccc1. The van der Waals surface area contributed by atoms with Crippen LogP contribution < -0.4 is 5.32 Å². The van der Waals surface area contributed by atoms with Gasteiger partial charge in [-0.1, -0.05) is 30.3 Å². The zero-order valence-corrected chi connectivity index (χ0v) is 13.9. The number of hydrogen-bond donors (Lipinski definition) is 2. The standard InChI is InChI=1S/C18H18N4O4/c23-17(13-4-2-1-3-5-13)12-19-18(24)8-9-21-16-10-15(22(25)26)7-6-14(16)11-20-21/h1-7,10-11,17,23H,8-9,12H2,(H,19,24)/t17-/m0/s1. The smallest absolute Gasteiger partial charge is 0.271 e. The van der Waals surface area contributed by atoms with Crippen molar-refractivity contribution in [2.24, 2.45) is 0 Å². The fourth-order valence-electron chi connectivity index (χ4n) is 2.65. The molecule has 0 aliphatic rings. The molecular formula is C18H18N4O4. The highest BCUT2D eigenvalue weighted by Crippen LogP contribution is 2.20. The van der Waals surface area contributed by atoms with Gasteiger partial charge in [0.2, 0.25) is 5.91 Å². The summed E-state index contributed by atoms with van der Waals surface area (Å²) < 4.78 is 1.57. The first-order valence-corrected chi connectivity index (χ1v) is 8.14. The van der Waals surface area contributed by atoms with Crippen molar-refractivity contribution in [1.82, 2.24) is 15.1 Å². The van der Waals surface area contributed by atoms with E-state index in [0.29, 0.717) is 5.52 Å². The number of non-ortho nitro benzene ring substituents is 1. The van der Waals surface area contributed by atoms with Gasteiger partial charge in [-0.15, -0.1) is 0 Å². The minimum atomic E-state index is -0.770. The number of benzene rings is 2. The molecule has 0 saturated heterocycles. The van der Waals surface area contributed by atoms with E-state index in [1.165, 1.54) is 12.1 Å². The van der Waals surface area contributed by atoms with Crippen molar-refractivity contribution in [2.75, 3.05) is 6.54 Å². The second kappa shape index (κ2) is 7.75. The minimum absolute atomic E-state index is 0.0188. The molecule has 8 heteroatoms. The number of aromatic nitrogens is 2. The van der Waals surface area contributed by atoms with Crippen molar-refractivity contribution in [3.05, 3.63) is 70.4 Å². The lowest BCUT2D eigenvalue weighted by Gasteiger charge is -2.12. The van der Waals surface area contributed by atoms with Crippen molar-refractivity contribution in [2.45, 2.75) is 19.1 Å². The van der Waals surface area contributed by atoms with E-state index in [9.17, 15) is 20.0 Å². The van der Waals surface area contributed by atoms with E-state index in [0.717, 1.165) is 10.9 Å². The Hall–Kier alpha value is -3.26. The van der Waals surface area contributed by atoms with Gasteiger partial charge in [-0.3, -0.25) is 19.6 Å². The minimum Gasteiger partial charge on any atom is -0.387 e. The molecule has 8 nitrogen and oxygen atoms in total. The van der Waals surface area contributed by atoms with E-state index in [1.54, 1.807) is 29.1 Å². The third-order valence-corrected chi connectivity index (χ3v) is 4.07. The molecule has 0 bridgehead atoms. The monoisotopic (exact) mass is 354 g/mol. The number of hydrogen-bond acceptors (Lipinski definition) is 5. The Morgan fingerprint density at radius 3 is 2.77 bits per heavy atom. The fraction of sp³-hybridized carbons (Fsp3) is 0.222. The predicted octanol–water partition coefficient (Wildman–Crippen LogP) is 2.18. The van der Waals surface area contributed by atoms with Gasteiger partial charge in [-0.05, 0) is 11.6 Å². The van der Waals surface area contributed by atoms with Crippen LogP contribution >= 0.6 is 0 Å². The van der Waals surface area contributed by atoms with E-state index < -0.39 is 11.0 Å². The number of nitrogens with one attached hydrogen (secondary N) is 1. The normalized spacial score (nSPS) is 12.0. The van der Waals surface area contributed by atoms with Crippen LogP contribution in [0.15, 0.2) is 54.7 Å². The molecule has 3 aromatic rings. The van der Waals surface area contributed by atoms with Crippen LogP contribution in [0.25, 0.3) is 10.9 Å². The molecule has 0 unspecified atom stereocenters. The molecule has 0 spiro atoms. The average Bonchev–Trinajstić information content (AvgIpc) is 3.07. The zero-order chi connectivity index (χ0) is 18.5. The number of rotatable bonds is 7. The third kappa shape index (κ3) is 4.04. The Balaban J connectivity index is 1.57. The highest BCUT2D eigenvalue weighted by atomic mass is 16.6. The predicted molar refractivity (Wildman–Crippen MR) is 95.4 cm³/mol. The first-order chi connectivity index (χ1) is 12.5. The van der Waals surface area contributed by atoms with Gasteiger partial charge in [-0.2, -0.15) is 5.10 Å². The van der Waals surface area contributed by atoms with Crippen LogP contribution in [0.5, 0.6) is 0 Å². The Morgan fingerprint density at radius 1 is 1.27 bits per heavy atom. The van der Waals surface area contributed by atoms with E-state index in [2.05, 4.69) is 10.4 Å². The maximum absolute atomic E-state index is 12.0. The number of fused-ring (bicyclic) bond motifs is 1. The van der Waals surface area contributed by atoms with E-state index >= 15 is 0 Å². The number of nitro benzene ring substituents is 1. The molecule has 1 aromatic heterocycles. The summed E-state index contributed by atoms with van der Waals surface area (Å²) >= 11 is 0. The molecule has 0 saturated carbocycles. The molecule has 0 aliphatic carbocycles. The number of carbonyl (C=O) groups is 1. The lowest BCUT2D eigenvalue weighted by molar-refractivity contribution is -0.384. The van der Waals surface area contributed by atoms with Crippen LogP contribution in [0.1, 0.15) is 18.1 Å². The van der Waals surface area contributed by atoms with E-state index in [-0.39, 0.29) is 31.1 Å². The summed E-state index contributed by atoms with van der Waals surface area (Å²) in [4.78, 5) is 22.4. The molecule has 26 heavy (non-hydrogen) atoms. The molecule has 2 aromatic carbocycles. The summed E-state index contributed by atoms with van der Waals surface area (Å²) in [7, 11) is 0. The van der Waals surface area contributed by atoms with Crippen molar-refractivity contribution < 1.29 is 14.8 Å². The van der Waals surface area contributed by atoms with Crippen molar-refractivity contribution in [3.63, 3.8) is 0 Å². The molecule has 2 N–H and O–H groups in total. The molecule has 0 aliphatic heterocycles. The molecular weight excluding hydrogens is 336 g/mol. The van der Waals surface area contributed by atoms with Crippen LogP contribution in [0.2, 0.25) is 0 Å². The fourth-order valence-corrected chi connectivity index (χ4v) is 2.65. The van der Waals surface area contributed by atoms with Crippen LogP contribution in [-0.4, -0.2) is 32.3 Å². The molecule has 0 radical (unpaired) electrons. The highest BCUT2D eigenvalue weighted by Gasteiger charge is 2.12. The van der Waals surface area contributed by atoms with Crippen molar-refractivity contribution in [1.29, 1.82) is 0 Å². The summed E-state index contributed by atoms with van der Waals surface area (Å²) in [5.74, 6) is -0.228. The molecule has 134 valence electrons. The van der Waals surface area contributed by atoms with Gasteiger partial charge >= 0.3 is 0 Å². The lowest BCUT2D eigenvalue weighted by Crippen LogP contribution is -2.29. The summed E-state index contributed by atoms with van der Waals surface area (Å²) in [5, 5.41) is 28.6. The van der Waals surface area contributed by atoms with Gasteiger partial charge in [0.1, 0.15) is 0 Å². The Morgan fingerprint density at radius 2 is 2.04 bits per heavy atom. The zero-order valence-electron chi connectivity index (χ0n) is 13.9. The molecule has 0 fully saturated rings. The van der Waals surface area contributed by atoms with Crippen LogP contribution in [0.3, 0.4) is 0 Å². The summed E-state index contributed by atoms with van der Waals surface area (Å²) in [6.07, 6.45) is 0.991. The molecule has 3 rings (SSSR count). The largest absolute Gasteiger partial charge is 0.387 e. The third-order valence-electron chi connectivity index (χ3n) is 4.07. The first-order valence-electron chi connectivity index (χ1n) is 8.14. The molecule has 1 amide bonds. The van der Waals surface area contributed by atoms with Crippen LogP contribution in [0, 0.1) is 10.1 Å². The number of nitrogens with zero attached hydrogens (tertiary/aromatic N) is 3. The van der Waals surface area contributed by atoms with Gasteiger partial charge in [0.25, 0.3) is 5.69 Å². The number of carbonyl (C=O) groups excluding carboxylic acids is 1. The highest BCUT2D eigenvalue weighted by molar-refractivity contribution is 5.81. The molecule has 1 heterocycles. The van der Waals surface area contributed by atoms with Gasteiger partial charge in [-0.25, -0.2) is 0 Å². The van der Waals surface area contributed by atoms with Gasteiger partial charge in [0, 0.05) is 30.5 Å². The maximum Gasteiger partial charge on any atom is 0.271 e. The van der Waals surface area contributed by atoms with E-state index in [1.807, 2.05) is 18.2 Å². The summed E-state index contributed by atoms with van der Waals surface area (Å²) in [5.41, 5.74) is 1.32. The first kappa shape index (κ1) is 17.6. The van der Waals surface area contributed by atoms with Gasteiger partial charge in [0.05, 0.1) is 29.3 Å². The number of nitro groups is 1. The summed E-state index contributed by atoms with van der Waals surface area (Å²) in [6.45, 7) is 0.409. The van der Waals surface area contributed by atoms with Crippen LogP contribution in [-0.2, 0) is 11.3 Å². The maximum atomic E-state index is 12.0. The van der Waals surface area contributed by atoms with Gasteiger partial charge < -0.3 is 10.4 Å². The quantitative estimate of drug-likeness (QED) is 0.499. The van der Waals surface area contributed by atoms with Crippen molar-refractivity contribution in [3.8, 4) is 0 Å². The number of aliphatic hydroxyl groups excluding tert-OH is 1. The number of aryl methyl sites for hydroxylation is 1. The summed E-state index contributed by atoms with van der Waals surface area (Å²) in [6, 6.07) is 13.6. The van der Waals surface area contributed by atoms with Crippen molar-refractivity contribution >= 4 is 22.5 Å². The topological polar surface area (TPSA) is 110 Å². The Labute approximate surface area is 149 Å². The second-order valence-corrected chi connectivity index (χ2v) is 5.85. The van der Waals surface area contributed by atoms with E-state index in [4.69, 9.17) is 0 Å². The molecule has 1 atom stereocenters. The lowest BCUT2D eigenvalue weighted by atomic mass is 10.1. The average molecular weight is 354 g/mol. The van der Waals surface area contributed by atoms with Gasteiger partial charge in [0.15, 0.2) is 0 Å². The number of amides is 1. The number of aliphatic hydroxyl groups is 1. The Kier molecular flexibility index (Phi) is 5.23. The second-order valence-electron chi connectivity index (χ2n) is 5.85. The van der Waals surface area contributed by atoms with Crippen LogP contribution in [0.4, 0.5) is 5.69 Å².